The van der Waals surface area contributed by atoms with Gasteiger partial charge in [0.15, 0.2) is 5.65 Å². The van der Waals surface area contributed by atoms with Gasteiger partial charge in [-0.2, -0.15) is 5.04 Å². The first-order chi connectivity index (χ1) is 9.85. The molecule has 0 aliphatic heterocycles. The molecule has 4 heteroatoms. The van der Waals surface area contributed by atoms with Crippen LogP contribution in [-0.2, 0) is 0 Å². The smallest absolute Gasteiger partial charge is 0.182 e. The number of halogens is 1. The monoisotopic (exact) mass is 268 g/mol. The lowest BCUT2D eigenvalue weighted by Gasteiger charge is -1.97. The number of hydrogen-bond donors (Lipinski definition) is 0. The summed E-state index contributed by atoms with van der Waals surface area (Å²) in [5.74, 6) is 6.01. The van der Waals surface area contributed by atoms with Crippen LogP contribution in [0.15, 0.2) is 36.4 Å². The van der Waals surface area contributed by atoms with Crippen molar-refractivity contribution < 1.29 is 9.57 Å². The molecule has 0 unspecified atom stereocenters. The fourth-order valence-electron chi connectivity index (χ4n) is 2.22. The van der Waals surface area contributed by atoms with Crippen molar-refractivity contribution in [2.24, 2.45) is 0 Å². The average Bonchev–Trinajstić information content (AvgIpc) is 2.80. The molecule has 3 aromatic rings. The predicted molar refractivity (Wildman–Crippen MR) is 76.7 cm³/mol. The molecule has 0 bridgehead atoms. The number of pyridine rings is 1. The van der Waals surface area contributed by atoms with Crippen molar-refractivity contribution in [1.82, 2.24) is 9.71 Å². The molecule has 0 saturated carbocycles. The van der Waals surface area contributed by atoms with Crippen LogP contribution in [0.2, 0.25) is 0 Å². The Bertz CT molecular complexity index is 827. The number of rotatable bonds is 2. The highest BCUT2D eigenvalue weighted by molar-refractivity contribution is 6.06. The highest BCUT2D eigenvalue weighted by Crippen LogP contribution is 2.26. The van der Waals surface area contributed by atoms with Crippen molar-refractivity contribution in [3.63, 3.8) is 0 Å². The Morgan fingerprint density at radius 1 is 1.20 bits per heavy atom. The van der Waals surface area contributed by atoms with Crippen molar-refractivity contribution in [2.75, 3.05) is 0 Å². The largest absolute Gasteiger partial charge is 0.218 e. The Hall–Kier alpha value is -2.54. The van der Waals surface area contributed by atoms with Crippen LogP contribution in [0.4, 0.5) is 4.53 Å². The van der Waals surface area contributed by atoms with Crippen LogP contribution in [0, 0.1) is 11.8 Å². The molecule has 0 saturated heterocycles. The van der Waals surface area contributed by atoms with E-state index in [1.165, 1.54) is 0 Å². The molecule has 0 aliphatic carbocycles. The summed E-state index contributed by atoms with van der Waals surface area (Å²) in [5, 5.41) is 5.72. The zero-order valence-corrected chi connectivity index (χ0v) is 11.1. The van der Waals surface area contributed by atoms with Crippen LogP contribution >= 0.6 is 0 Å². The van der Waals surface area contributed by atoms with E-state index in [1.807, 2.05) is 30.3 Å². The van der Waals surface area contributed by atoms with Gasteiger partial charge in [-0.05, 0) is 30.5 Å². The Morgan fingerprint density at radius 2 is 2.05 bits per heavy atom. The van der Waals surface area contributed by atoms with Gasteiger partial charge < -0.3 is 0 Å². The molecular weight excluding hydrogens is 255 g/mol. The molecule has 20 heavy (non-hydrogen) atoms. The fourth-order valence-corrected chi connectivity index (χ4v) is 2.22. The van der Waals surface area contributed by atoms with Crippen LogP contribution in [0.3, 0.4) is 0 Å². The van der Waals surface area contributed by atoms with Gasteiger partial charge in [-0.3, -0.25) is 0 Å². The SMILES string of the molecule is CCCC#Cc1ccc2c3ccccc3n(OF)c2n1. The van der Waals surface area contributed by atoms with E-state index in [0.29, 0.717) is 16.9 Å². The fraction of sp³-hybridized carbons (Fsp3) is 0.188. The number of hydrogen-bond acceptors (Lipinski definition) is 2. The normalized spacial score (nSPS) is 10.5. The molecule has 0 amide bonds. The number of fused-ring (bicyclic) bond motifs is 3. The van der Waals surface area contributed by atoms with Crippen LogP contribution in [0.1, 0.15) is 25.5 Å². The lowest BCUT2D eigenvalue weighted by Crippen LogP contribution is -2.02. The van der Waals surface area contributed by atoms with E-state index in [2.05, 4.69) is 28.8 Å². The first-order valence-electron chi connectivity index (χ1n) is 6.53. The summed E-state index contributed by atoms with van der Waals surface area (Å²) in [6.45, 7) is 2.07. The van der Waals surface area contributed by atoms with E-state index in [1.54, 1.807) is 6.07 Å². The molecule has 3 rings (SSSR count). The van der Waals surface area contributed by atoms with E-state index in [-0.39, 0.29) is 0 Å². The maximum Gasteiger partial charge on any atom is 0.182 e. The third-order valence-electron chi connectivity index (χ3n) is 3.14. The van der Waals surface area contributed by atoms with Crippen molar-refractivity contribution in [1.29, 1.82) is 0 Å². The van der Waals surface area contributed by atoms with E-state index in [4.69, 9.17) is 0 Å². The maximum atomic E-state index is 12.8. The summed E-state index contributed by atoms with van der Waals surface area (Å²) in [7, 11) is 0. The summed E-state index contributed by atoms with van der Waals surface area (Å²) >= 11 is 0. The first kappa shape index (κ1) is 12.5. The van der Waals surface area contributed by atoms with Gasteiger partial charge >= 0.3 is 0 Å². The number of nitrogens with zero attached hydrogens (tertiary/aromatic N) is 2. The lowest BCUT2D eigenvalue weighted by molar-refractivity contribution is -0.127. The summed E-state index contributed by atoms with van der Waals surface area (Å²) in [6.07, 6.45) is 1.82. The molecule has 0 N–H and O–H groups in total. The van der Waals surface area contributed by atoms with Gasteiger partial charge in [0.05, 0.1) is 5.52 Å². The quantitative estimate of drug-likeness (QED) is 0.663. The molecule has 0 radical (unpaired) electrons. The van der Waals surface area contributed by atoms with Crippen LogP contribution in [-0.4, -0.2) is 9.71 Å². The van der Waals surface area contributed by atoms with Crippen LogP contribution in [0.25, 0.3) is 21.9 Å². The molecular formula is C16H13FN2O. The molecule has 0 aliphatic rings. The van der Waals surface area contributed by atoms with Gasteiger partial charge in [0.25, 0.3) is 0 Å². The third kappa shape index (κ3) is 1.97. The maximum absolute atomic E-state index is 12.8. The summed E-state index contributed by atoms with van der Waals surface area (Å²) < 4.78 is 13.9. The minimum absolute atomic E-state index is 0.442. The number of benzene rings is 1. The molecule has 0 fully saturated rings. The molecule has 100 valence electrons. The lowest BCUT2D eigenvalue weighted by atomic mass is 10.2. The Labute approximate surface area is 115 Å². The zero-order valence-electron chi connectivity index (χ0n) is 11.1. The minimum Gasteiger partial charge on any atom is -0.218 e. The summed E-state index contributed by atoms with van der Waals surface area (Å²) in [4.78, 5) is 4.38. The number of unbranched alkanes of at least 4 members (excludes halogenated alkanes) is 1. The molecule has 1 aromatic carbocycles. The average molecular weight is 268 g/mol. The van der Waals surface area contributed by atoms with E-state index in [9.17, 15) is 4.53 Å². The van der Waals surface area contributed by atoms with Gasteiger partial charge in [-0.25, -0.2) is 4.98 Å². The van der Waals surface area contributed by atoms with Gasteiger partial charge in [0.1, 0.15) is 5.69 Å². The molecule has 0 spiro atoms. The Morgan fingerprint density at radius 3 is 2.85 bits per heavy atom. The van der Waals surface area contributed by atoms with Crippen LogP contribution in [0.5, 0.6) is 0 Å². The second-order valence-corrected chi connectivity index (χ2v) is 4.50. The predicted octanol–water partition coefficient (Wildman–Crippen LogP) is 3.65. The molecule has 2 aromatic heterocycles. The number of aromatic nitrogens is 2. The minimum atomic E-state index is 0.442. The van der Waals surface area contributed by atoms with Gasteiger partial charge in [-0.15, -0.1) is 4.73 Å². The summed E-state index contributed by atoms with van der Waals surface area (Å²) in [6, 6.07) is 11.2. The van der Waals surface area contributed by atoms with Crippen molar-refractivity contribution >= 4 is 21.9 Å². The van der Waals surface area contributed by atoms with Gasteiger partial charge in [0, 0.05) is 21.7 Å². The zero-order chi connectivity index (χ0) is 13.9. The van der Waals surface area contributed by atoms with Crippen molar-refractivity contribution in [2.45, 2.75) is 19.8 Å². The van der Waals surface area contributed by atoms with E-state index < -0.39 is 0 Å². The Balaban J connectivity index is 2.24. The van der Waals surface area contributed by atoms with Gasteiger partial charge in [0.2, 0.25) is 0 Å². The van der Waals surface area contributed by atoms with E-state index >= 15 is 0 Å². The number of para-hydroxylation sites is 1. The topological polar surface area (TPSA) is 27.1 Å². The van der Waals surface area contributed by atoms with E-state index in [0.717, 1.165) is 28.3 Å². The second-order valence-electron chi connectivity index (χ2n) is 4.50. The molecule has 0 atom stereocenters. The molecule has 2 heterocycles. The summed E-state index contributed by atoms with van der Waals surface area (Å²) in [5.41, 5.74) is 1.71. The Kier molecular flexibility index (Phi) is 3.26. The highest BCUT2D eigenvalue weighted by atomic mass is 19.3. The van der Waals surface area contributed by atoms with Crippen molar-refractivity contribution in [3.8, 4) is 11.8 Å². The molecule has 3 nitrogen and oxygen atoms in total. The van der Waals surface area contributed by atoms with Crippen LogP contribution < -0.4 is 5.04 Å². The first-order valence-corrected chi connectivity index (χ1v) is 6.53. The second kappa shape index (κ2) is 5.22. The standard InChI is InChI=1S/C16H13FN2O/c1-2-3-4-7-12-10-11-14-13-8-5-6-9-15(13)19(20-17)16(14)18-12/h5-6,8-11H,2-3H2,1H3. The third-order valence-corrected chi connectivity index (χ3v) is 3.14. The van der Waals surface area contributed by atoms with Crippen molar-refractivity contribution in [3.05, 3.63) is 42.1 Å². The van der Waals surface area contributed by atoms with Gasteiger partial charge in [-0.1, -0.05) is 31.0 Å². The highest BCUT2D eigenvalue weighted by Gasteiger charge is 2.13.